The number of nitrogens with zero attached hydrogens (tertiary/aromatic N) is 2. The van der Waals surface area contributed by atoms with E-state index in [1.165, 1.54) is 10.8 Å². The van der Waals surface area contributed by atoms with Gasteiger partial charge in [0, 0.05) is 23.2 Å². The van der Waals surface area contributed by atoms with E-state index in [2.05, 4.69) is 33.4 Å². The van der Waals surface area contributed by atoms with Crippen molar-refractivity contribution in [3.8, 4) is 0 Å². The molecule has 92 valence electrons. The zero-order valence-electron chi connectivity index (χ0n) is 10.3. The van der Waals surface area contributed by atoms with Gasteiger partial charge in [0.25, 0.3) is 0 Å². The molecular weight excluding hydrogens is 234 g/mol. The summed E-state index contributed by atoms with van der Waals surface area (Å²) >= 11 is 0. The standard InChI is InChI=1S/C13H9N.C3H4N2/c1-3-7-12-10(5-1)9-11-6-2-4-8-13(11)14-12;1-2-4-5-3-1/h1-9H;1-3H,(H,4,5). The fourth-order valence-corrected chi connectivity index (χ4v) is 1.94. The van der Waals surface area contributed by atoms with E-state index < -0.39 is 0 Å². The molecule has 0 saturated heterocycles. The van der Waals surface area contributed by atoms with E-state index in [-0.39, 0.29) is 0 Å². The molecule has 0 unspecified atom stereocenters. The second-order valence-corrected chi connectivity index (χ2v) is 4.14. The first-order chi connectivity index (χ1) is 9.43. The normalized spacial score (nSPS) is 10.1. The number of pyridine rings is 1. The summed E-state index contributed by atoms with van der Waals surface area (Å²) in [5, 5.41) is 8.61. The predicted molar refractivity (Wildman–Crippen MR) is 77.8 cm³/mol. The molecule has 0 spiro atoms. The van der Waals surface area contributed by atoms with Crippen LogP contribution in [0.1, 0.15) is 0 Å². The fraction of sp³-hybridized carbons (Fsp3) is 0. The van der Waals surface area contributed by atoms with Crippen LogP contribution in [0.3, 0.4) is 0 Å². The Labute approximate surface area is 110 Å². The Morgan fingerprint density at radius 1 is 0.737 bits per heavy atom. The maximum absolute atomic E-state index is 4.58. The van der Waals surface area contributed by atoms with Gasteiger partial charge in [-0.05, 0) is 24.3 Å². The average Bonchev–Trinajstić information content (AvgIpc) is 3.04. The van der Waals surface area contributed by atoms with Crippen LogP contribution in [0.2, 0.25) is 0 Å². The first-order valence-electron chi connectivity index (χ1n) is 6.12. The zero-order chi connectivity index (χ0) is 12.9. The smallest absolute Gasteiger partial charge is 0.0709 e. The lowest BCUT2D eigenvalue weighted by molar-refractivity contribution is 1.09. The monoisotopic (exact) mass is 247 g/mol. The highest BCUT2D eigenvalue weighted by Gasteiger charge is 1.96. The van der Waals surface area contributed by atoms with E-state index in [4.69, 9.17) is 0 Å². The zero-order valence-corrected chi connectivity index (χ0v) is 10.3. The Morgan fingerprint density at radius 2 is 1.37 bits per heavy atom. The number of hydrogen-bond acceptors (Lipinski definition) is 2. The van der Waals surface area contributed by atoms with Gasteiger partial charge in [-0.3, -0.25) is 5.10 Å². The molecule has 1 N–H and O–H groups in total. The van der Waals surface area contributed by atoms with Crippen LogP contribution in [0, 0.1) is 0 Å². The third-order valence-electron chi connectivity index (χ3n) is 2.83. The van der Waals surface area contributed by atoms with Crippen molar-refractivity contribution in [1.82, 2.24) is 15.2 Å². The fourth-order valence-electron chi connectivity index (χ4n) is 1.94. The van der Waals surface area contributed by atoms with Gasteiger partial charge in [0.15, 0.2) is 0 Å². The second kappa shape index (κ2) is 5.31. The highest BCUT2D eigenvalue weighted by atomic mass is 15.1. The van der Waals surface area contributed by atoms with Gasteiger partial charge in [-0.15, -0.1) is 0 Å². The van der Waals surface area contributed by atoms with Crippen molar-refractivity contribution in [2.75, 3.05) is 0 Å². The molecule has 0 aliphatic carbocycles. The first kappa shape index (κ1) is 11.4. The molecule has 0 amide bonds. The van der Waals surface area contributed by atoms with Crippen LogP contribution < -0.4 is 0 Å². The van der Waals surface area contributed by atoms with Gasteiger partial charge in [0.1, 0.15) is 0 Å². The van der Waals surface area contributed by atoms with Gasteiger partial charge in [0.05, 0.1) is 11.0 Å². The summed E-state index contributed by atoms with van der Waals surface area (Å²) in [6, 6.07) is 20.4. The molecule has 4 aromatic rings. The van der Waals surface area contributed by atoms with Crippen LogP contribution in [-0.2, 0) is 0 Å². The van der Waals surface area contributed by atoms with Crippen molar-refractivity contribution >= 4 is 21.8 Å². The number of benzene rings is 2. The van der Waals surface area contributed by atoms with Crippen LogP contribution >= 0.6 is 0 Å². The summed E-state index contributed by atoms with van der Waals surface area (Å²) < 4.78 is 0. The Balaban J connectivity index is 0.000000187. The van der Waals surface area contributed by atoms with E-state index in [9.17, 15) is 0 Å². The minimum Gasteiger partial charge on any atom is -0.286 e. The molecule has 0 aliphatic heterocycles. The van der Waals surface area contributed by atoms with Crippen molar-refractivity contribution in [1.29, 1.82) is 0 Å². The molecule has 4 rings (SSSR count). The molecule has 3 heteroatoms. The summed E-state index contributed by atoms with van der Waals surface area (Å²) in [5.41, 5.74) is 2.12. The molecule has 0 atom stereocenters. The summed E-state index contributed by atoms with van der Waals surface area (Å²) in [4.78, 5) is 4.58. The number of nitrogens with one attached hydrogen (secondary N) is 1. The first-order valence-corrected chi connectivity index (χ1v) is 6.12. The van der Waals surface area contributed by atoms with Gasteiger partial charge in [-0.1, -0.05) is 36.4 Å². The Morgan fingerprint density at radius 3 is 1.84 bits per heavy atom. The molecular formula is C16H13N3. The number of aromatic amines is 1. The molecule has 0 radical (unpaired) electrons. The third-order valence-corrected chi connectivity index (χ3v) is 2.83. The van der Waals surface area contributed by atoms with Crippen LogP contribution in [0.25, 0.3) is 21.8 Å². The van der Waals surface area contributed by atoms with Crippen molar-refractivity contribution in [3.63, 3.8) is 0 Å². The van der Waals surface area contributed by atoms with E-state index >= 15 is 0 Å². The largest absolute Gasteiger partial charge is 0.286 e. The van der Waals surface area contributed by atoms with Crippen molar-refractivity contribution < 1.29 is 0 Å². The number of aromatic nitrogens is 3. The molecule has 19 heavy (non-hydrogen) atoms. The lowest BCUT2D eigenvalue weighted by Crippen LogP contribution is -1.80. The lowest BCUT2D eigenvalue weighted by Gasteiger charge is -1.99. The number of rotatable bonds is 0. The topological polar surface area (TPSA) is 41.6 Å². The van der Waals surface area contributed by atoms with Gasteiger partial charge in [-0.25, -0.2) is 4.98 Å². The molecule has 2 heterocycles. The van der Waals surface area contributed by atoms with Gasteiger partial charge in [0.2, 0.25) is 0 Å². The minimum atomic E-state index is 1.06. The lowest BCUT2D eigenvalue weighted by atomic mass is 10.1. The Bertz CT molecular complexity index is 654. The van der Waals surface area contributed by atoms with E-state index in [0.29, 0.717) is 0 Å². The Hall–Kier alpha value is -2.68. The minimum absolute atomic E-state index is 1.06. The SMILES string of the molecule is c1ccc2nc3ccccc3cc2c1.c1cn[nH]c1. The number of H-pyrrole nitrogens is 1. The average molecular weight is 247 g/mol. The molecule has 3 nitrogen and oxygen atoms in total. The molecule has 2 aromatic carbocycles. The van der Waals surface area contributed by atoms with Crippen LogP contribution in [0.4, 0.5) is 0 Å². The van der Waals surface area contributed by atoms with Crippen LogP contribution in [0.5, 0.6) is 0 Å². The summed E-state index contributed by atoms with van der Waals surface area (Å²) in [7, 11) is 0. The van der Waals surface area contributed by atoms with Crippen LogP contribution in [0.15, 0.2) is 73.1 Å². The maximum Gasteiger partial charge on any atom is 0.0709 e. The van der Waals surface area contributed by atoms with Crippen molar-refractivity contribution in [3.05, 3.63) is 73.1 Å². The number of fused-ring (bicyclic) bond motifs is 2. The predicted octanol–water partition coefficient (Wildman–Crippen LogP) is 3.80. The van der Waals surface area contributed by atoms with Crippen molar-refractivity contribution in [2.24, 2.45) is 0 Å². The van der Waals surface area contributed by atoms with Gasteiger partial charge in [-0.2, -0.15) is 5.10 Å². The second-order valence-electron chi connectivity index (χ2n) is 4.14. The maximum atomic E-state index is 4.58. The van der Waals surface area contributed by atoms with Crippen molar-refractivity contribution in [2.45, 2.75) is 0 Å². The highest BCUT2D eigenvalue weighted by Crippen LogP contribution is 2.18. The molecule has 0 aliphatic rings. The number of hydrogen-bond donors (Lipinski definition) is 1. The summed E-state index contributed by atoms with van der Waals surface area (Å²) in [5.74, 6) is 0. The van der Waals surface area contributed by atoms with Gasteiger partial charge >= 0.3 is 0 Å². The Kier molecular flexibility index (Phi) is 3.19. The van der Waals surface area contributed by atoms with Crippen LogP contribution in [-0.4, -0.2) is 15.2 Å². The highest BCUT2D eigenvalue weighted by molar-refractivity contribution is 5.92. The van der Waals surface area contributed by atoms with E-state index in [1.807, 2.05) is 42.5 Å². The van der Waals surface area contributed by atoms with Gasteiger partial charge < -0.3 is 0 Å². The molecule has 2 aromatic heterocycles. The summed E-state index contributed by atoms with van der Waals surface area (Å²) in [6.07, 6.45) is 3.46. The van der Waals surface area contributed by atoms with E-state index in [1.54, 1.807) is 12.4 Å². The van der Waals surface area contributed by atoms with E-state index in [0.717, 1.165) is 11.0 Å². The number of para-hydroxylation sites is 2. The third kappa shape index (κ3) is 2.60. The quantitative estimate of drug-likeness (QED) is 0.480. The molecule has 0 saturated carbocycles. The molecule has 0 bridgehead atoms. The summed E-state index contributed by atoms with van der Waals surface area (Å²) in [6.45, 7) is 0. The molecule has 0 fully saturated rings.